The molecule has 0 aliphatic heterocycles. The highest BCUT2D eigenvalue weighted by Crippen LogP contribution is 2.56. The van der Waals surface area contributed by atoms with Crippen LogP contribution in [0, 0.1) is 0 Å². The van der Waals surface area contributed by atoms with Gasteiger partial charge < -0.3 is 0 Å². The van der Waals surface area contributed by atoms with Gasteiger partial charge in [0.05, 0.1) is 22.1 Å². The molecule has 0 saturated carbocycles. The molecule has 0 bridgehead atoms. The number of imidazole rings is 2. The number of hydrogen-bond acceptors (Lipinski definition) is 2. The topological polar surface area (TPSA) is 35.6 Å². The van der Waals surface area contributed by atoms with E-state index in [4.69, 9.17) is 9.97 Å². The van der Waals surface area contributed by atoms with Gasteiger partial charge >= 0.3 is 0 Å². The van der Waals surface area contributed by atoms with Crippen molar-refractivity contribution in [3.8, 4) is 78.7 Å². The van der Waals surface area contributed by atoms with Gasteiger partial charge in [-0.15, -0.1) is 0 Å². The normalized spacial score (nSPS) is 13.9. The number of aromatic nitrogens is 4. The average Bonchev–Trinajstić information content (AvgIpc) is 4.16. The van der Waals surface area contributed by atoms with Crippen LogP contribution in [0.5, 0.6) is 0 Å². The van der Waals surface area contributed by atoms with Crippen molar-refractivity contribution in [2.45, 2.75) is 38.5 Å². The molecule has 350 valence electrons. The number of nitrogens with zero attached hydrogens (tertiary/aromatic N) is 4. The molecule has 0 N–H and O–H groups in total. The van der Waals surface area contributed by atoms with E-state index in [0.29, 0.717) is 0 Å². The molecule has 2 heterocycles. The SMILES string of the molecule is CC1(C)c2ccccc2-c2cc3c(-c4ccc(-c5nc6ccccc6n5-c5ccccc5)cc4)c4cc5c(cc4c(-c4ccc(-c6nc7ccccc7n6-c6ccccc6)cc4)c3cc21)-c1ccccc1C5(C)C. The molecule has 0 radical (unpaired) electrons. The molecule has 4 heteroatoms. The first-order valence-corrected chi connectivity index (χ1v) is 25.8. The molecule has 0 spiro atoms. The summed E-state index contributed by atoms with van der Waals surface area (Å²) in [6.07, 6.45) is 0. The Morgan fingerprint density at radius 1 is 0.297 bits per heavy atom. The Bertz CT molecular complexity index is 4150. The number of hydrogen-bond donors (Lipinski definition) is 0. The zero-order chi connectivity index (χ0) is 49.5. The van der Waals surface area contributed by atoms with Crippen LogP contribution in [0.4, 0.5) is 0 Å². The zero-order valence-electron chi connectivity index (χ0n) is 41.7. The maximum atomic E-state index is 5.27. The standard InChI is InChI=1S/C70H50N4/c1-69(2)57-25-13-11-23-49(57)51-39-53-55(41-59(51)69)65(43-31-35-45(36-32-43)67-71-61-27-15-17-29-63(61)73(67)47-19-7-5-8-20-47)54-40-52-50-24-12-14-26-58(50)70(3,4)60(52)42-56(54)66(53)44-33-37-46(38-34-44)68-72-62-28-16-18-30-64(62)74(68)48-21-9-6-10-22-48/h5-42H,1-4H3. The molecule has 4 nitrogen and oxygen atoms in total. The van der Waals surface area contributed by atoms with Gasteiger partial charge in [0.1, 0.15) is 11.6 Å². The minimum absolute atomic E-state index is 0.195. The molecular formula is C70H50N4. The summed E-state index contributed by atoms with van der Waals surface area (Å²) in [4.78, 5) is 10.5. The Morgan fingerprint density at radius 3 is 1.05 bits per heavy atom. The van der Waals surface area contributed by atoms with Gasteiger partial charge in [0.15, 0.2) is 0 Å². The Morgan fingerprint density at radius 2 is 0.635 bits per heavy atom. The van der Waals surface area contributed by atoms with Crippen LogP contribution in [0.1, 0.15) is 49.9 Å². The molecule has 0 saturated heterocycles. The van der Waals surface area contributed by atoms with Crippen LogP contribution in [0.15, 0.2) is 231 Å². The Hall–Kier alpha value is -9.12. The van der Waals surface area contributed by atoms with Crippen LogP contribution in [0.25, 0.3) is 122 Å². The van der Waals surface area contributed by atoms with E-state index < -0.39 is 0 Å². The van der Waals surface area contributed by atoms with Crippen molar-refractivity contribution in [2.24, 2.45) is 0 Å². The van der Waals surface area contributed by atoms with Crippen LogP contribution < -0.4 is 0 Å². The maximum Gasteiger partial charge on any atom is 0.145 e. The number of fused-ring (bicyclic) bond motifs is 10. The van der Waals surface area contributed by atoms with E-state index in [-0.39, 0.29) is 10.8 Å². The van der Waals surface area contributed by atoms with Crippen LogP contribution in [0.2, 0.25) is 0 Å². The average molecular weight is 947 g/mol. The second kappa shape index (κ2) is 15.7. The fourth-order valence-corrected chi connectivity index (χ4v) is 12.9. The number of rotatable bonds is 6. The first-order chi connectivity index (χ1) is 36.2. The summed E-state index contributed by atoms with van der Waals surface area (Å²) in [6, 6.07) is 84.8. The van der Waals surface area contributed by atoms with E-state index in [1.807, 2.05) is 0 Å². The van der Waals surface area contributed by atoms with Crippen LogP contribution >= 0.6 is 0 Å². The Balaban J connectivity index is 1.01. The van der Waals surface area contributed by atoms with Gasteiger partial charge in [-0.05, 0) is 161 Å². The summed E-state index contributed by atoms with van der Waals surface area (Å²) in [7, 11) is 0. The highest BCUT2D eigenvalue weighted by atomic mass is 15.1. The first-order valence-electron chi connectivity index (χ1n) is 25.8. The largest absolute Gasteiger partial charge is 0.292 e. The lowest BCUT2D eigenvalue weighted by Crippen LogP contribution is -2.15. The quantitative estimate of drug-likeness (QED) is 0.156. The lowest BCUT2D eigenvalue weighted by molar-refractivity contribution is 0.661. The van der Waals surface area contributed by atoms with Crippen molar-refractivity contribution in [1.82, 2.24) is 19.1 Å². The molecule has 15 rings (SSSR count). The van der Waals surface area contributed by atoms with Crippen molar-refractivity contribution in [1.29, 1.82) is 0 Å². The summed E-state index contributed by atoms with van der Waals surface area (Å²) in [5.74, 6) is 1.84. The highest BCUT2D eigenvalue weighted by Gasteiger charge is 2.38. The minimum atomic E-state index is -0.195. The summed E-state index contributed by atoms with van der Waals surface area (Å²) < 4.78 is 4.58. The molecule has 2 aromatic heterocycles. The molecule has 13 aromatic rings. The highest BCUT2D eigenvalue weighted by molar-refractivity contribution is 6.23. The van der Waals surface area contributed by atoms with Gasteiger partial charge in [0.25, 0.3) is 0 Å². The summed E-state index contributed by atoms with van der Waals surface area (Å²) in [5.41, 5.74) is 23.6. The molecule has 0 fully saturated rings. The van der Waals surface area contributed by atoms with E-state index >= 15 is 0 Å². The number of benzene rings is 11. The molecule has 74 heavy (non-hydrogen) atoms. The van der Waals surface area contributed by atoms with E-state index in [0.717, 1.165) is 56.2 Å². The predicted octanol–water partition coefficient (Wildman–Crippen LogP) is 18.0. The summed E-state index contributed by atoms with van der Waals surface area (Å²) in [6.45, 7) is 9.58. The third kappa shape index (κ3) is 6.09. The van der Waals surface area contributed by atoms with Crippen LogP contribution in [0.3, 0.4) is 0 Å². The second-order valence-corrected chi connectivity index (χ2v) is 21.3. The van der Waals surface area contributed by atoms with Crippen molar-refractivity contribution < 1.29 is 0 Å². The number of para-hydroxylation sites is 6. The van der Waals surface area contributed by atoms with Gasteiger partial charge in [-0.1, -0.05) is 185 Å². The minimum Gasteiger partial charge on any atom is -0.292 e. The van der Waals surface area contributed by atoms with Gasteiger partial charge in [-0.3, -0.25) is 9.13 Å². The molecule has 0 amide bonds. The van der Waals surface area contributed by atoms with Crippen LogP contribution in [-0.2, 0) is 10.8 Å². The van der Waals surface area contributed by atoms with E-state index in [1.54, 1.807) is 0 Å². The third-order valence-corrected chi connectivity index (χ3v) is 16.5. The first kappa shape index (κ1) is 42.6. The third-order valence-electron chi connectivity index (χ3n) is 16.5. The molecule has 11 aromatic carbocycles. The molecule has 0 unspecified atom stereocenters. The smallest absolute Gasteiger partial charge is 0.145 e. The fraction of sp³-hybridized carbons (Fsp3) is 0.0857. The summed E-state index contributed by atoms with van der Waals surface area (Å²) in [5, 5.41) is 4.98. The van der Waals surface area contributed by atoms with Crippen molar-refractivity contribution in [2.75, 3.05) is 0 Å². The molecule has 2 aliphatic carbocycles. The van der Waals surface area contributed by atoms with E-state index in [9.17, 15) is 0 Å². The Labute approximate surface area is 430 Å². The van der Waals surface area contributed by atoms with Gasteiger partial charge in [0.2, 0.25) is 0 Å². The van der Waals surface area contributed by atoms with Gasteiger partial charge in [-0.25, -0.2) is 9.97 Å². The molecule has 2 aliphatic rings. The van der Waals surface area contributed by atoms with Gasteiger partial charge in [-0.2, -0.15) is 0 Å². The zero-order valence-corrected chi connectivity index (χ0v) is 41.7. The van der Waals surface area contributed by atoms with Gasteiger partial charge in [0, 0.05) is 33.3 Å². The summed E-state index contributed by atoms with van der Waals surface area (Å²) >= 11 is 0. The van der Waals surface area contributed by atoms with E-state index in [2.05, 4.69) is 267 Å². The second-order valence-electron chi connectivity index (χ2n) is 21.3. The lowest BCUT2D eigenvalue weighted by Gasteiger charge is -2.25. The molecular weight excluding hydrogens is 897 g/mol. The van der Waals surface area contributed by atoms with Crippen molar-refractivity contribution in [3.05, 3.63) is 253 Å². The van der Waals surface area contributed by atoms with E-state index in [1.165, 1.54) is 88.3 Å². The van der Waals surface area contributed by atoms with Crippen molar-refractivity contribution >= 4 is 43.6 Å². The predicted molar refractivity (Wildman–Crippen MR) is 308 cm³/mol. The lowest BCUT2D eigenvalue weighted by atomic mass is 9.78. The maximum absolute atomic E-state index is 5.27. The Kier molecular flexibility index (Phi) is 9.02. The molecule has 0 atom stereocenters. The van der Waals surface area contributed by atoms with Crippen LogP contribution in [-0.4, -0.2) is 19.1 Å². The fourth-order valence-electron chi connectivity index (χ4n) is 12.9. The monoisotopic (exact) mass is 946 g/mol. The van der Waals surface area contributed by atoms with Crippen molar-refractivity contribution in [3.63, 3.8) is 0 Å².